The van der Waals surface area contributed by atoms with Gasteiger partial charge >= 0.3 is 0 Å². The number of amides is 1. The molecule has 4 nitrogen and oxygen atoms in total. The Balaban J connectivity index is 1.57. The van der Waals surface area contributed by atoms with Crippen LogP contribution in [-0.2, 0) is 11.2 Å². The first-order valence-electron chi connectivity index (χ1n) is 7.60. The summed E-state index contributed by atoms with van der Waals surface area (Å²) in [5.41, 5.74) is 2.82. The lowest BCUT2D eigenvalue weighted by Crippen LogP contribution is -2.32. The molecule has 0 bridgehead atoms. The molecule has 5 heteroatoms. The predicted molar refractivity (Wildman–Crippen MR) is 95.6 cm³/mol. The van der Waals surface area contributed by atoms with Gasteiger partial charge in [-0.15, -0.1) is 12.6 Å². The number of benzene rings is 2. The van der Waals surface area contributed by atoms with E-state index < -0.39 is 0 Å². The third kappa shape index (κ3) is 2.62. The minimum absolute atomic E-state index is 0.0605. The minimum Gasteiger partial charge on any atom is -0.361 e. The van der Waals surface area contributed by atoms with Crippen LogP contribution >= 0.6 is 12.6 Å². The first-order valence-corrected chi connectivity index (χ1v) is 8.12. The van der Waals surface area contributed by atoms with E-state index in [1.807, 2.05) is 42.6 Å². The van der Waals surface area contributed by atoms with Crippen LogP contribution in [0.2, 0.25) is 0 Å². The summed E-state index contributed by atoms with van der Waals surface area (Å²) in [4.78, 5) is 17.6. The van der Waals surface area contributed by atoms with Crippen molar-refractivity contribution in [3.8, 4) is 0 Å². The molecule has 0 aliphatic carbocycles. The lowest BCUT2D eigenvalue weighted by Gasteiger charge is -2.19. The number of hydrogen-bond acceptors (Lipinski definition) is 3. The molecule has 1 amide bonds. The molecule has 1 aliphatic rings. The summed E-state index contributed by atoms with van der Waals surface area (Å²) in [5.74, 6) is 0.0605. The number of fused-ring (bicyclic) bond motifs is 1. The van der Waals surface area contributed by atoms with Crippen LogP contribution in [0.15, 0.2) is 60.8 Å². The summed E-state index contributed by atoms with van der Waals surface area (Å²) in [6.07, 6.45) is 2.58. The van der Waals surface area contributed by atoms with Crippen molar-refractivity contribution in [2.45, 2.75) is 18.0 Å². The van der Waals surface area contributed by atoms with Gasteiger partial charge in [0, 0.05) is 17.4 Å². The van der Waals surface area contributed by atoms with Crippen LogP contribution in [0, 0.1) is 0 Å². The molecule has 3 aromatic rings. The summed E-state index contributed by atoms with van der Waals surface area (Å²) in [6.45, 7) is 0. The number of anilines is 1. The SMILES string of the molecule is O=C1C(Cc2ccc3[nH]ccc3c2)N[C@@H](S)N1c1ccccc1. The first kappa shape index (κ1) is 14.4. The van der Waals surface area contributed by atoms with Crippen LogP contribution in [-0.4, -0.2) is 22.4 Å². The molecular formula is C18H17N3OS. The van der Waals surface area contributed by atoms with Crippen molar-refractivity contribution in [3.05, 3.63) is 66.4 Å². The molecule has 1 fully saturated rings. The van der Waals surface area contributed by atoms with E-state index in [0.717, 1.165) is 22.2 Å². The molecular weight excluding hydrogens is 306 g/mol. The number of nitrogens with one attached hydrogen (secondary N) is 2. The molecule has 2 heterocycles. The fourth-order valence-corrected chi connectivity index (χ4v) is 3.51. The van der Waals surface area contributed by atoms with E-state index in [1.54, 1.807) is 4.90 Å². The molecule has 0 spiro atoms. The first-order chi connectivity index (χ1) is 11.2. The third-order valence-electron chi connectivity index (χ3n) is 4.22. The van der Waals surface area contributed by atoms with E-state index in [1.165, 1.54) is 0 Å². The van der Waals surface area contributed by atoms with Gasteiger partial charge in [-0.05, 0) is 47.7 Å². The lowest BCUT2D eigenvalue weighted by atomic mass is 10.0. The molecule has 1 unspecified atom stereocenters. The molecule has 4 rings (SSSR count). The Morgan fingerprint density at radius 1 is 1.09 bits per heavy atom. The number of carbonyl (C=O) groups is 1. The second-order valence-corrected chi connectivity index (χ2v) is 6.23. The molecule has 0 radical (unpaired) electrons. The van der Waals surface area contributed by atoms with E-state index in [0.29, 0.717) is 6.42 Å². The van der Waals surface area contributed by atoms with Crippen molar-refractivity contribution in [1.29, 1.82) is 0 Å². The van der Waals surface area contributed by atoms with Gasteiger partial charge in [0.15, 0.2) is 0 Å². The van der Waals surface area contributed by atoms with Gasteiger partial charge in [0.1, 0.15) is 5.50 Å². The van der Waals surface area contributed by atoms with Gasteiger partial charge in [-0.2, -0.15) is 0 Å². The highest BCUT2D eigenvalue weighted by molar-refractivity contribution is 7.81. The van der Waals surface area contributed by atoms with Crippen molar-refractivity contribution in [2.75, 3.05) is 4.90 Å². The second kappa shape index (κ2) is 5.76. The van der Waals surface area contributed by atoms with E-state index in [4.69, 9.17) is 0 Å². The van der Waals surface area contributed by atoms with Crippen molar-refractivity contribution < 1.29 is 4.79 Å². The number of para-hydroxylation sites is 1. The number of aromatic amines is 1. The Labute approximate surface area is 139 Å². The number of nitrogens with zero attached hydrogens (tertiary/aromatic N) is 1. The summed E-state index contributed by atoms with van der Waals surface area (Å²) >= 11 is 4.52. The Bertz CT molecular complexity index is 846. The van der Waals surface area contributed by atoms with Gasteiger partial charge in [-0.25, -0.2) is 0 Å². The molecule has 1 aliphatic heterocycles. The van der Waals surface area contributed by atoms with Crippen LogP contribution in [0.5, 0.6) is 0 Å². The number of rotatable bonds is 3. The highest BCUT2D eigenvalue weighted by atomic mass is 32.1. The molecule has 2 atom stereocenters. The summed E-state index contributed by atoms with van der Waals surface area (Å²) < 4.78 is 0. The van der Waals surface area contributed by atoms with Crippen LogP contribution in [0.3, 0.4) is 0 Å². The van der Waals surface area contributed by atoms with E-state index in [-0.39, 0.29) is 17.4 Å². The Kier molecular flexibility index (Phi) is 3.59. The fraction of sp³-hybridized carbons (Fsp3) is 0.167. The van der Waals surface area contributed by atoms with Crippen molar-refractivity contribution >= 4 is 35.1 Å². The van der Waals surface area contributed by atoms with Gasteiger partial charge in [0.25, 0.3) is 0 Å². The molecule has 0 saturated carbocycles. The van der Waals surface area contributed by atoms with Crippen LogP contribution in [0.4, 0.5) is 5.69 Å². The van der Waals surface area contributed by atoms with E-state index in [9.17, 15) is 4.79 Å². The Morgan fingerprint density at radius 3 is 2.74 bits per heavy atom. The van der Waals surface area contributed by atoms with Gasteiger partial charge < -0.3 is 4.98 Å². The van der Waals surface area contributed by atoms with Gasteiger partial charge in [0.2, 0.25) is 5.91 Å². The number of carbonyl (C=O) groups excluding carboxylic acids is 1. The molecule has 2 aromatic carbocycles. The molecule has 116 valence electrons. The van der Waals surface area contributed by atoms with Gasteiger partial charge in [-0.3, -0.25) is 15.0 Å². The second-order valence-electron chi connectivity index (χ2n) is 5.74. The molecule has 1 aromatic heterocycles. The third-order valence-corrected chi connectivity index (χ3v) is 4.60. The maximum Gasteiger partial charge on any atom is 0.246 e. The Hall–Kier alpha value is -2.24. The topological polar surface area (TPSA) is 48.1 Å². The highest BCUT2D eigenvalue weighted by Gasteiger charge is 2.37. The smallest absolute Gasteiger partial charge is 0.246 e. The standard InChI is InChI=1S/C18H17N3OS/c22-17-16(11-12-6-7-15-13(10-12)8-9-19-15)20-18(23)21(17)14-4-2-1-3-5-14/h1-10,16,18-20,23H,11H2/t16?,18-/m1/s1. The average Bonchev–Trinajstić information content (AvgIpc) is 3.13. The monoisotopic (exact) mass is 323 g/mol. The van der Waals surface area contributed by atoms with Gasteiger partial charge in [0.05, 0.1) is 6.04 Å². The molecule has 1 saturated heterocycles. The largest absolute Gasteiger partial charge is 0.361 e. The normalized spacial score (nSPS) is 21.3. The van der Waals surface area contributed by atoms with Gasteiger partial charge in [-0.1, -0.05) is 24.3 Å². The average molecular weight is 323 g/mol. The van der Waals surface area contributed by atoms with E-state index >= 15 is 0 Å². The van der Waals surface area contributed by atoms with Crippen molar-refractivity contribution in [1.82, 2.24) is 10.3 Å². The van der Waals surface area contributed by atoms with Crippen LogP contribution in [0.1, 0.15) is 5.56 Å². The molecule has 23 heavy (non-hydrogen) atoms. The van der Waals surface area contributed by atoms with E-state index in [2.05, 4.69) is 41.1 Å². The number of aromatic nitrogens is 1. The number of thiol groups is 1. The fourth-order valence-electron chi connectivity index (χ4n) is 3.08. The zero-order chi connectivity index (χ0) is 15.8. The van der Waals surface area contributed by atoms with Crippen molar-refractivity contribution in [2.24, 2.45) is 0 Å². The molecule has 2 N–H and O–H groups in total. The van der Waals surface area contributed by atoms with Crippen LogP contribution < -0.4 is 10.2 Å². The number of hydrogen-bond donors (Lipinski definition) is 3. The van der Waals surface area contributed by atoms with Crippen molar-refractivity contribution in [3.63, 3.8) is 0 Å². The quantitative estimate of drug-likeness (QED) is 0.649. The van der Waals surface area contributed by atoms with Crippen LogP contribution in [0.25, 0.3) is 10.9 Å². The predicted octanol–water partition coefficient (Wildman–Crippen LogP) is 2.93. The Morgan fingerprint density at radius 2 is 1.91 bits per heavy atom. The lowest BCUT2D eigenvalue weighted by molar-refractivity contribution is -0.118. The number of H-pyrrole nitrogens is 1. The summed E-state index contributed by atoms with van der Waals surface area (Å²) in [6, 6.07) is 17.7. The zero-order valence-electron chi connectivity index (χ0n) is 12.4. The zero-order valence-corrected chi connectivity index (χ0v) is 13.3. The maximum atomic E-state index is 12.7. The minimum atomic E-state index is -0.300. The maximum absolute atomic E-state index is 12.7. The summed E-state index contributed by atoms with van der Waals surface area (Å²) in [5, 5.41) is 4.44. The summed E-state index contributed by atoms with van der Waals surface area (Å²) in [7, 11) is 0. The highest BCUT2D eigenvalue weighted by Crippen LogP contribution is 2.25.